The minimum absolute atomic E-state index is 0.0563. The van der Waals surface area contributed by atoms with Crippen molar-refractivity contribution in [1.29, 1.82) is 0 Å². The van der Waals surface area contributed by atoms with Gasteiger partial charge in [0, 0.05) is 18.3 Å². The van der Waals surface area contributed by atoms with Gasteiger partial charge >= 0.3 is 6.03 Å². The number of para-hydroxylation sites is 1. The quantitative estimate of drug-likeness (QED) is 0.861. The Hall–Kier alpha value is -2.74. The van der Waals surface area contributed by atoms with Gasteiger partial charge in [-0.15, -0.1) is 0 Å². The van der Waals surface area contributed by atoms with Crippen LogP contribution in [-0.2, 0) is 6.54 Å². The topological polar surface area (TPSA) is 87.4 Å². The molecule has 0 radical (unpaired) electrons. The van der Waals surface area contributed by atoms with Crippen LogP contribution in [0, 0.1) is 12.7 Å². The SMILES string of the molecule is Cc1cccc(F)c1N1Cc2cnc(N)nc2N(C2CCCNC2)C1=O. The Kier molecular flexibility index (Phi) is 4.20. The molecule has 8 heteroatoms. The van der Waals surface area contributed by atoms with Gasteiger partial charge in [-0.05, 0) is 37.9 Å². The van der Waals surface area contributed by atoms with E-state index in [1.807, 2.05) is 0 Å². The Morgan fingerprint density at radius 2 is 2.23 bits per heavy atom. The summed E-state index contributed by atoms with van der Waals surface area (Å²) in [6.45, 7) is 3.60. The smallest absolute Gasteiger partial charge is 0.330 e. The number of urea groups is 1. The first kappa shape index (κ1) is 16.7. The Morgan fingerprint density at radius 3 is 2.96 bits per heavy atom. The molecule has 2 aromatic rings. The van der Waals surface area contributed by atoms with E-state index < -0.39 is 5.82 Å². The van der Waals surface area contributed by atoms with Crippen LogP contribution in [0.25, 0.3) is 0 Å². The van der Waals surface area contributed by atoms with E-state index in [1.165, 1.54) is 11.0 Å². The summed E-state index contributed by atoms with van der Waals surface area (Å²) < 4.78 is 14.5. The van der Waals surface area contributed by atoms with Crippen molar-refractivity contribution in [2.75, 3.05) is 28.6 Å². The van der Waals surface area contributed by atoms with E-state index in [9.17, 15) is 9.18 Å². The average molecular weight is 356 g/mol. The highest BCUT2D eigenvalue weighted by Gasteiger charge is 2.39. The van der Waals surface area contributed by atoms with Crippen LogP contribution < -0.4 is 20.9 Å². The molecule has 136 valence electrons. The number of amides is 2. The third-order valence-corrected chi connectivity index (χ3v) is 4.95. The molecule has 1 fully saturated rings. The van der Waals surface area contributed by atoms with Crippen molar-refractivity contribution in [3.05, 3.63) is 41.3 Å². The maximum atomic E-state index is 14.5. The number of aromatic nitrogens is 2. The van der Waals surface area contributed by atoms with Crippen LogP contribution >= 0.6 is 0 Å². The van der Waals surface area contributed by atoms with E-state index in [0.29, 0.717) is 23.6 Å². The molecular weight excluding hydrogens is 335 g/mol. The second-order valence-corrected chi connectivity index (χ2v) is 6.72. The standard InChI is InChI=1S/C18H21FN6O/c1-11-4-2-6-14(19)15(11)24-10-12-8-22-17(20)23-16(12)25(18(24)26)13-5-3-7-21-9-13/h2,4,6,8,13,21H,3,5,7,9-10H2,1H3,(H2,20,22,23). The van der Waals surface area contributed by atoms with Crippen LogP contribution in [0.15, 0.2) is 24.4 Å². The van der Waals surface area contributed by atoms with Gasteiger partial charge in [0.15, 0.2) is 0 Å². The van der Waals surface area contributed by atoms with Gasteiger partial charge in [-0.1, -0.05) is 12.1 Å². The highest BCUT2D eigenvalue weighted by Crippen LogP contribution is 2.35. The zero-order valence-corrected chi connectivity index (χ0v) is 14.6. The molecule has 0 spiro atoms. The maximum absolute atomic E-state index is 14.5. The van der Waals surface area contributed by atoms with Gasteiger partial charge < -0.3 is 11.1 Å². The number of anilines is 3. The average Bonchev–Trinajstić information content (AvgIpc) is 2.63. The van der Waals surface area contributed by atoms with Crippen LogP contribution in [0.1, 0.15) is 24.0 Å². The number of benzene rings is 1. The highest BCUT2D eigenvalue weighted by molar-refractivity contribution is 6.06. The van der Waals surface area contributed by atoms with E-state index in [2.05, 4.69) is 15.3 Å². The first-order valence-electron chi connectivity index (χ1n) is 8.74. The van der Waals surface area contributed by atoms with Gasteiger partial charge in [-0.25, -0.2) is 14.2 Å². The largest absolute Gasteiger partial charge is 0.368 e. The zero-order valence-electron chi connectivity index (χ0n) is 14.6. The fraction of sp³-hybridized carbons (Fsp3) is 0.389. The summed E-state index contributed by atoms with van der Waals surface area (Å²) >= 11 is 0. The number of piperidine rings is 1. The Labute approximate surface area is 151 Å². The van der Waals surface area contributed by atoms with Crippen LogP contribution in [0.5, 0.6) is 0 Å². The van der Waals surface area contributed by atoms with Crippen molar-refractivity contribution in [3.8, 4) is 0 Å². The summed E-state index contributed by atoms with van der Waals surface area (Å²) in [7, 11) is 0. The molecule has 1 aromatic heterocycles. The number of aryl methyl sites for hydroxylation is 1. The van der Waals surface area contributed by atoms with E-state index in [-0.39, 0.29) is 24.6 Å². The normalized spacial score (nSPS) is 20.2. The molecule has 2 amide bonds. The predicted octanol–water partition coefficient (Wildman–Crippen LogP) is 2.20. The van der Waals surface area contributed by atoms with Crippen LogP contribution in [0.4, 0.5) is 26.6 Å². The number of hydrogen-bond donors (Lipinski definition) is 2. The Bertz CT molecular complexity index is 831. The number of rotatable bonds is 2. The molecule has 0 aliphatic carbocycles. The van der Waals surface area contributed by atoms with Crippen molar-refractivity contribution in [1.82, 2.24) is 15.3 Å². The van der Waals surface area contributed by atoms with E-state index in [4.69, 9.17) is 5.73 Å². The van der Waals surface area contributed by atoms with Gasteiger partial charge in [0.1, 0.15) is 11.6 Å². The molecule has 1 atom stereocenters. The number of nitrogens with zero attached hydrogens (tertiary/aromatic N) is 4. The lowest BCUT2D eigenvalue weighted by atomic mass is 10.0. The van der Waals surface area contributed by atoms with Gasteiger partial charge in [-0.3, -0.25) is 9.80 Å². The summed E-state index contributed by atoms with van der Waals surface area (Å²) in [5, 5.41) is 3.31. The summed E-state index contributed by atoms with van der Waals surface area (Å²) in [4.78, 5) is 24.9. The molecule has 1 saturated heterocycles. The lowest BCUT2D eigenvalue weighted by Crippen LogP contribution is -2.56. The van der Waals surface area contributed by atoms with Crippen molar-refractivity contribution < 1.29 is 9.18 Å². The fourth-order valence-corrected chi connectivity index (χ4v) is 3.71. The minimum Gasteiger partial charge on any atom is -0.368 e. The monoisotopic (exact) mass is 356 g/mol. The second-order valence-electron chi connectivity index (χ2n) is 6.72. The molecule has 4 rings (SSSR count). The van der Waals surface area contributed by atoms with E-state index in [0.717, 1.165) is 24.9 Å². The van der Waals surface area contributed by atoms with Crippen molar-refractivity contribution >= 4 is 23.5 Å². The van der Waals surface area contributed by atoms with Gasteiger partial charge in [0.25, 0.3) is 0 Å². The van der Waals surface area contributed by atoms with Crippen molar-refractivity contribution in [2.45, 2.75) is 32.4 Å². The molecule has 1 unspecified atom stereocenters. The number of carbonyl (C=O) groups is 1. The molecule has 26 heavy (non-hydrogen) atoms. The van der Waals surface area contributed by atoms with Gasteiger partial charge in [-0.2, -0.15) is 4.98 Å². The first-order valence-corrected chi connectivity index (χ1v) is 8.74. The van der Waals surface area contributed by atoms with Crippen LogP contribution in [0.3, 0.4) is 0 Å². The van der Waals surface area contributed by atoms with Crippen LogP contribution in [-0.4, -0.2) is 35.1 Å². The molecule has 0 saturated carbocycles. The predicted molar refractivity (Wildman–Crippen MR) is 97.5 cm³/mol. The summed E-state index contributed by atoms with van der Waals surface area (Å²) in [6.07, 6.45) is 3.44. The maximum Gasteiger partial charge on any atom is 0.330 e. The molecule has 1 aromatic carbocycles. The number of nitrogen functional groups attached to an aromatic ring is 1. The Balaban J connectivity index is 1.82. The second kappa shape index (κ2) is 6.53. The number of nitrogens with two attached hydrogens (primary N) is 1. The number of hydrogen-bond acceptors (Lipinski definition) is 5. The summed E-state index contributed by atoms with van der Waals surface area (Å²) in [5.41, 5.74) is 7.53. The summed E-state index contributed by atoms with van der Waals surface area (Å²) in [6, 6.07) is 4.48. The number of carbonyl (C=O) groups excluding carboxylic acids is 1. The molecule has 3 N–H and O–H groups in total. The third-order valence-electron chi connectivity index (χ3n) is 4.95. The number of nitrogens with one attached hydrogen (secondary N) is 1. The van der Waals surface area contributed by atoms with Crippen LogP contribution in [0.2, 0.25) is 0 Å². The van der Waals surface area contributed by atoms with Gasteiger partial charge in [0.2, 0.25) is 5.95 Å². The lowest BCUT2D eigenvalue weighted by Gasteiger charge is -2.41. The molecule has 2 aliphatic rings. The molecule has 2 aliphatic heterocycles. The van der Waals surface area contributed by atoms with E-state index in [1.54, 1.807) is 30.2 Å². The molecule has 7 nitrogen and oxygen atoms in total. The van der Waals surface area contributed by atoms with Crippen molar-refractivity contribution in [2.24, 2.45) is 0 Å². The first-order chi connectivity index (χ1) is 12.6. The molecule has 3 heterocycles. The molecular formula is C18H21FN6O. The highest BCUT2D eigenvalue weighted by atomic mass is 19.1. The third kappa shape index (κ3) is 2.76. The van der Waals surface area contributed by atoms with Gasteiger partial charge in [0.05, 0.1) is 18.3 Å². The number of fused-ring (bicyclic) bond motifs is 1. The fourth-order valence-electron chi connectivity index (χ4n) is 3.71. The number of halogens is 1. The van der Waals surface area contributed by atoms with E-state index >= 15 is 0 Å². The lowest BCUT2D eigenvalue weighted by molar-refractivity contribution is 0.245. The summed E-state index contributed by atoms with van der Waals surface area (Å²) in [5.74, 6) is 0.238. The minimum atomic E-state index is -0.417. The Morgan fingerprint density at radius 1 is 1.38 bits per heavy atom. The zero-order chi connectivity index (χ0) is 18.3. The molecule has 0 bridgehead atoms. The van der Waals surface area contributed by atoms with Crippen molar-refractivity contribution in [3.63, 3.8) is 0 Å².